The van der Waals surface area contributed by atoms with Gasteiger partial charge in [0.25, 0.3) is 16.0 Å². The van der Waals surface area contributed by atoms with Crippen LogP contribution in [0.2, 0.25) is 36.3 Å². The molecule has 1 unspecified atom stereocenters. The van der Waals surface area contributed by atoms with Gasteiger partial charge < -0.3 is 18.3 Å². The first-order chi connectivity index (χ1) is 28.2. The van der Waals surface area contributed by atoms with Crippen molar-refractivity contribution in [3.63, 3.8) is 0 Å². The van der Waals surface area contributed by atoms with Crippen LogP contribution in [0.3, 0.4) is 0 Å². The molecular formula is C50H86F2O7SSi2. The number of hydrogen-bond donors (Lipinski definition) is 0. The third-order valence-corrected chi connectivity index (χ3v) is 27.9. The van der Waals surface area contributed by atoms with Gasteiger partial charge in [-0.25, -0.2) is 8.78 Å². The number of aryl methyl sites for hydroxylation is 1. The van der Waals surface area contributed by atoms with Crippen molar-refractivity contribution >= 4 is 26.8 Å². The van der Waals surface area contributed by atoms with Gasteiger partial charge >= 0.3 is 0 Å². The van der Waals surface area contributed by atoms with Gasteiger partial charge in [-0.05, 0) is 169 Å². The summed E-state index contributed by atoms with van der Waals surface area (Å²) in [6.07, 6.45) is 8.27. The molecule has 0 bridgehead atoms. The molecular weight excluding hydrogens is 839 g/mol. The van der Waals surface area contributed by atoms with Crippen LogP contribution < -0.4 is 0 Å². The van der Waals surface area contributed by atoms with Crippen molar-refractivity contribution in [2.24, 2.45) is 40.4 Å². The fourth-order valence-corrected chi connectivity index (χ4v) is 15.4. The lowest BCUT2D eigenvalue weighted by molar-refractivity contribution is -0.265. The number of rotatable bonds is 17. The van der Waals surface area contributed by atoms with Crippen LogP contribution in [0.4, 0.5) is 8.78 Å². The van der Waals surface area contributed by atoms with Crippen molar-refractivity contribution in [3.05, 3.63) is 41.5 Å². The second-order valence-corrected chi connectivity index (χ2v) is 35.0. The number of fused-ring (bicyclic) bond motifs is 5. The van der Waals surface area contributed by atoms with Crippen molar-refractivity contribution in [3.8, 4) is 0 Å². The molecule has 1 aromatic carbocycles. The Hall–Kier alpha value is -0.996. The molecule has 0 aromatic heterocycles. The van der Waals surface area contributed by atoms with Crippen molar-refractivity contribution in [1.29, 1.82) is 0 Å². The van der Waals surface area contributed by atoms with Crippen molar-refractivity contribution in [1.82, 2.24) is 0 Å². The maximum atomic E-state index is 16.3. The van der Waals surface area contributed by atoms with Gasteiger partial charge in [0.1, 0.15) is 5.60 Å². The van der Waals surface area contributed by atoms with Crippen LogP contribution in [0, 0.1) is 47.3 Å². The summed E-state index contributed by atoms with van der Waals surface area (Å²) >= 11 is 0. The third kappa shape index (κ3) is 10.4. The second kappa shape index (κ2) is 18.2. The standard InChI is InChI=1S/C50H86F2O7SSi2/c1-18-55-35(3)57-47(10,11)50(51,52)30-27-36(33-56-60(53,54)39-22-19-34(2)20-23-39)41-25-26-42-40-24-21-37-31-38(58-61(14,15)45(4,5)6)32-44(59-62(16,17)46(7,8)9)49(37,13)43(40)28-29-48(41,42)12/h19-23,35-36,38,40-44H,18,24-33H2,1-17H3/t35?,36-,38+,40-,41+,42-,43-,44-,48+,49-/m0/s1. The summed E-state index contributed by atoms with van der Waals surface area (Å²) in [7, 11) is -8.33. The molecule has 5 rings (SSSR count). The van der Waals surface area contributed by atoms with Gasteiger partial charge in [-0.2, -0.15) is 8.42 Å². The quantitative estimate of drug-likeness (QED) is 0.0666. The van der Waals surface area contributed by atoms with E-state index in [1.807, 2.05) is 13.8 Å². The molecule has 10 atom stereocenters. The molecule has 4 aliphatic rings. The summed E-state index contributed by atoms with van der Waals surface area (Å²) in [6, 6.07) is 6.62. The lowest BCUT2D eigenvalue weighted by Crippen LogP contribution is -2.60. The van der Waals surface area contributed by atoms with E-state index in [-0.39, 0.29) is 57.0 Å². The zero-order valence-electron chi connectivity index (χ0n) is 41.8. The predicted molar refractivity (Wildman–Crippen MR) is 253 cm³/mol. The smallest absolute Gasteiger partial charge is 0.296 e. The molecule has 7 nitrogen and oxygen atoms in total. The molecule has 0 N–H and O–H groups in total. The second-order valence-electron chi connectivity index (χ2n) is 23.9. The van der Waals surface area contributed by atoms with E-state index in [0.29, 0.717) is 24.4 Å². The molecule has 3 fully saturated rings. The molecule has 0 aliphatic heterocycles. The Morgan fingerprint density at radius 2 is 1.47 bits per heavy atom. The number of hydrogen-bond acceptors (Lipinski definition) is 7. The van der Waals surface area contributed by atoms with E-state index < -0.39 is 56.9 Å². The minimum absolute atomic E-state index is 0.0232. The number of halogens is 2. The molecule has 12 heteroatoms. The van der Waals surface area contributed by atoms with Crippen LogP contribution in [-0.2, 0) is 32.6 Å². The summed E-state index contributed by atoms with van der Waals surface area (Å²) in [5, 5.41) is 0.167. The monoisotopic (exact) mass is 925 g/mol. The molecule has 62 heavy (non-hydrogen) atoms. The predicted octanol–water partition coefficient (Wildman–Crippen LogP) is 13.9. The Bertz CT molecular complexity index is 1840. The van der Waals surface area contributed by atoms with Gasteiger partial charge in [0.05, 0.1) is 23.7 Å². The Morgan fingerprint density at radius 1 is 0.871 bits per heavy atom. The van der Waals surface area contributed by atoms with Crippen molar-refractivity contribution in [2.45, 2.75) is 219 Å². The number of alkyl halides is 2. The highest BCUT2D eigenvalue weighted by Gasteiger charge is 2.63. The van der Waals surface area contributed by atoms with Gasteiger partial charge in [-0.3, -0.25) is 4.18 Å². The molecule has 0 saturated heterocycles. The SMILES string of the molecule is CCOC(C)OC(C)(C)C(F)(F)CC[C@@H](COS(=O)(=O)c1ccc(C)cc1)[C@H]1CC[C@H]2[C@@H]3CC=C4C[C@@H](O[Si](C)(C)C(C)(C)C)C[C@H](O[Si](C)(C)C(C)(C)C)[C@]4(C)[C@H]3CC[C@]12C. The van der Waals surface area contributed by atoms with E-state index in [2.05, 4.69) is 87.7 Å². The van der Waals surface area contributed by atoms with Crippen molar-refractivity contribution < 1.29 is 39.7 Å². The Labute approximate surface area is 379 Å². The first-order valence-electron chi connectivity index (χ1n) is 23.9. The summed E-state index contributed by atoms with van der Waals surface area (Å²) in [5.74, 6) is -2.35. The van der Waals surface area contributed by atoms with Crippen LogP contribution in [0.5, 0.6) is 0 Å². The first-order valence-corrected chi connectivity index (χ1v) is 31.1. The average Bonchev–Trinajstić information content (AvgIpc) is 3.48. The number of allylic oxidation sites excluding steroid dienone is 1. The fourth-order valence-electron chi connectivity index (χ4n) is 11.6. The Balaban J connectivity index is 1.47. The molecule has 3 saturated carbocycles. The molecule has 0 spiro atoms. The lowest BCUT2D eigenvalue weighted by Gasteiger charge is -2.62. The highest BCUT2D eigenvalue weighted by molar-refractivity contribution is 7.86. The van der Waals surface area contributed by atoms with E-state index in [0.717, 1.165) is 50.5 Å². The molecule has 0 heterocycles. The fraction of sp³-hybridized carbons (Fsp3) is 0.840. The van der Waals surface area contributed by atoms with E-state index in [1.165, 1.54) is 19.4 Å². The van der Waals surface area contributed by atoms with Crippen LogP contribution in [-0.4, -0.2) is 68.3 Å². The summed E-state index contributed by atoms with van der Waals surface area (Å²) in [6.45, 7) is 36.8. The van der Waals surface area contributed by atoms with E-state index in [4.69, 9.17) is 22.5 Å². The van der Waals surface area contributed by atoms with Crippen LogP contribution in [0.1, 0.15) is 146 Å². The van der Waals surface area contributed by atoms with Gasteiger partial charge in [-0.15, -0.1) is 0 Å². The summed E-state index contributed by atoms with van der Waals surface area (Å²) < 4.78 is 91.9. The van der Waals surface area contributed by atoms with E-state index in [1.54, 1.807) is 31.2 Å². The van der Waals surface area contributed by atoms with Gasteiger partial charge in [0, 0.05) is 18.4 Å². The molecule has 0 radical (unpaired) electrons. The Morgan fingerprint density at radius 3 is 2.05 bits per heavy atom. The van der Waals surface area contributed by atoms with Gasteiger partial charge in [0.2, 0.25) is 0 Å². The highest BCUT2D eigenvalue weighted by atomic mass is 32.2. The van der Waals surface area contributed by atoms with Crippen LogP contribution >= 0.6 is 0 Å². The average molecular weight is 925 g/mol. The largest absolute Gasteiger partial charge is 0.414 e. The van der Waals surface area contributed by atoms with E-state index in [9.17, 15) is 8.42 Å². The van der Waals surface area contributed by atoms with Gasteiger partial charge in [0.15, 0.2) is 22.9 Å². The normalized spacial score (nSPS) is 31.2. The minimum Gasteiger partial charge on any atom is -0.414 e. The van der Waals surface area contributed by atoms with Gasteiger partial charge in [-0.1, -0.05) is 84.7 Å². The zero-order valence-corrected chi connectivity index (χ0v) is 44.6. The topological polar surface area (TPSA) is 80.3 Å². The zero-order chi connectivity index (χ0) is 46.7. The summed E-state index contributed by atoms with van der Waals surface area (Å²) in [5.41, 5.74) is 0.363. The lowest BCUT2D eigenvalue weighted by atomic mass is 9.46. The van der Waals surface area contributed by atoms with Crippen LogP contribution in [0.15, 0.2) is 40.8 Å². The first kappa shape index (κ1) is 52.0. The third-order valence-electron chi connectivity index (χ3n) is 17.6. The number of ether oxygens (including phenoxy) is 2. The molecule has 356 valence electrons. The molecule has 0 amide bonds. The minimum atomic E-state index is -4.11. The number of benzene rings is 1. The highest BCUT2D eigenvalue weighted by Crippen LogP contribution is 2.68. The van der Waals surface area contributed by atoms with E-state index >= 15 is 8.78 Å². The maximum absolute atomic E-state index is 16.3. The molecule has 1 aromatic rings. The molecule has 4 aliphatic carbocycles. The summed E-state index contributed by atoms with van der Waals surface area (Å²) in [4.78, 5) is 0.0830. The van der Waals surface area contributed by atoms with Crippen molar-refractivity contribution in [2.75, 3.05) is 13.2 Å². The Kier molecular flexibility index (Phi) is 15.3. The van der Waals surface area contributed by atoms with Crippen LogP contribution in [0.25, 0.3) is 0 Å². The maximum Gasteiger partial charge on any atom is 0.296 e.